The molecule has 12 heavy (non-hydrogen) atoms. The number of carbonyl (C=O) groups is 1. The quantitative estimate of drug-likeness (QED) is 0.432. The summed E-state index contributed by atoms with van der Waals surface area (Å²) in [5, 5.41) is 2.71. The van der Waals surface area contributed by atoms with Crippen LogP contribution in [-0.4, -0.2) is 12.5 Å². The zero-order valence-electron chi connectivity index (χ0n) is 6.99. The van der Waals surface area contributed by atoms with E-state index in [0.717, 1.165) is 13.0 Å². The van der Waals surface area contributed by atoms with E-state index >= 15 is 0 Å². The minimum atomic E-state index is 0. The van der Waals surface area contributed by atoms with Crippen molar-refractivity contribution in [3.8, 4) is 0 Å². The Hall–Kier alpha value is 4.99. The van der Waals surface area contributed by atoms with E-state index in [2.05, 4.69) is 5.32 Å². The summed E-state index contributed by atoms with van der Waals surface area (Å²) in [5.41, 5.74) is 0. The molecule has 0 saturated carbocycles. The van der Waals surface area contributed by atoms with Crippen LogP contribution in [0, 0.1) is 6.42 Å². The predicted octanol–water partition coefficient (Wildman–Crippen LogP) is 0.0882. The average Bonchev–Trinajstić information content (AvgIpc) is 1.69. The fourth-order valence-corrected chi connectivity index (χ4v) is 0.619. The van der Waals surface area contributed by atoms with Gasteiger partial charge >= 0.3 is 0 Å². The van der Waals surface area contributed by atoms with E-state index in [4.69, 9.17) is 0 Å². The summed E-state index contributed by atoms with van der Waals surface area (Å²) < 4.78 is 0. The minimum absolute atomic E-state index is 0. The maximum absolute atomic E-state index is 10.3. The Morgan fingerprint density at radius 2 is 1.58 bits per heavy atom. The van der Waals surface area contributed by atoms with Gasteiger partial charge in [0.2, 0.25) is 0 Å². The molecule has 1 N–H and O–H groups in total. The van der Waals surface area contributed by atoms with E-state index < -0.39 is 0 Å². The van der Waals surface area contributed by atoms with Gasteiger partial charge in [-0.2, -0.15) is 6.42 Å². The third kappa shape index (κ3) is 17.4. The molecule has 0 unspecified atom stereocenters. The number of piperidine rings is 1. The van der Waals surface area contributed by atoms with Crippen molar-refractivity contribution in [2.75, 3.05) is 6.54 Å². The summed E-state index contributed by atoms with van der Waals surface area (Å²) in [4.78, 5) is 10.3. The summed E-state index contributed by atoms with van der Waals surface area (Å²) in [6.07, 6.45) is 3.64. The first-order chi connectivity index (χ1) is 3.39. The molecule has 1 aliphatic rings. The van der Waals surface area contributed by atoms with Crippen LogP contribution in [0.4, 0.5) is 0 Å². The van der Waals surface area contributed by atoms with Gasteiger partial charge in [0, 0.05) is 164 Å². The molecule has 1 rings (SSSR count). The van der Waals surface area contributed by atoms with Gasteiger partial charge in [-0.1, -0.05) is 6.42 Å². The third-order valence-corrected chi connectivity index (χ3v) is 1.00. The fourth-order valence-electron chi connectivity index (χ4n) is 0.619. The Balaban J connectivity index is -0.0000000327. The molecule has 5 radical (unpaired) electrons. The molecule has 2 nitrogen and oxygen atoms in total. The van der Waals surface area contributed by atoms with Crippen molar-refractivity contribution in [1.29, 1.82) is 0 Å². The molecule has 1 heterocycles. The largest absolute Gasteiger partial charge is 0.361 e. The minimum Gasteiger partial charge on any atom is -0.361 e. The number of hydrogen-bond donors (Lipinski definition) is 1. The van der Waals surface area contributed by atoms with Crippen LogP contribution in [0.1, 0.15) is 12.8 Å². The van der Waals surface area contributed by atoms with E-state index in [1.807, 2.05) is 6.42 Å². The van der Waals surface area contributed by atoms with Gasteiger partial charge in [0.25, 0.3) is 0 Å². The maximum atomic E-state index is 10.3. The van der Waals surface area contributed by atoms with Crippen molar-refractivity contribution in [2.24, 2.45) is 0 Å². The molecule has 0 aliphatic carbocycles. The van der Waals surface area contributed by atoms with Crippen LogP contribution in [0.15, 0.2) is 0 Å². The summed E-state index contributed by atoms with van der Waals surface area (Å²) in [6, 6.07) is 0. The van der Waals surface area contributed by atoms with E-state index in [1.54, 1.807) is 0 Å². The van der Waals surface area contributed by atoms with Crippen LogP contribution in [0.2, 0.25) is 0 Å². The number of amides is 1. The van der Waals surface area contributed by atoms with Crippen molar-refractivity contribution >= 4 is 5.91 Å². The smallest absolute Gasteiger partial charge is 0.190 e. The first kappa shape index (κ1) is 30.2. The predicted molar refractivity (Wildman–Crippen MR) is 26.5 cm³/mol. The molecule has 0 bridgehead atoms. The van der Waals surface area contributed by atoms with Crippen molar-refractivity contribution in [1.82, 2.24) is 5.32 Å². The van der Waals surface area contributed by atoms with Gasteiger partial charge in [0.1, 0.15) is 0 Å². The van der Waals surface area contributed by atoms with Gasteiger partial charge < -0.3 is 11.7 Å². The Morgan fingerprint density at radius 1 is 1.08 bits per heavy atom. The molecular formula is C5H8NOY5-. The molecule has 7 heteroatoms. The number of rotatable bonds is 0. The SMILES string of the molecule is O=C1C[CH-]CCN1.[Y].[Y].[Y].[Y].[Y]. The van der Waals surface area contributed by atoms with E-state index in [1.165, 1.54) is 0 Å². The molecule has 1 fully saturated rings. The monoisotopic (exact) mass is 543 g/mol. The van der Waals surface area contributed by atoms with Gasteiger partial charge in [-0.25, -0.2) is 0 Å². The molecule has 0 aromatic carbocycles. The van der Waals surface area contributed by atoms with Gasteiger partial charge in [-0.3, -0.25) is 4.79 Å². The Labute approximate surface area is 200 Å². The second-order valence-corrected chi connectivity index (χ2v) is 1.63. The Bertz CT molecular complexity index is 83.9. The molecule has 0 spiro atoms. The first-order valence-corrected chi connectivity index (χ1v) is 2.48. The molecular weight excluding hydrogens is 535 g/mol. The Kier molecular flexibility index (Phi) is 53.6. The van der Waals surface area contributed by atoms with Crippen LogP contribution in [-0.2, 0) is 168 Å². The van der Waals surface area contributed by atoms with Gasteiger partial charge in [-0.05, 0) is 6.54 Å². The van der Waals surface area contributed by atoms with E-state index in [-0.39, 0.29) is 169 Å². The van der Waals surface area contributed by atoms with E-state index in [0.29, 0.717) is 6.42 Å². The van der Waals surface area contributed by atoms with Crippen molar-refractivity contribution in [3.05, 3.63) is 6.42 Å². The first-order valence-electron chi connectivity index (χ1n) is 2.48. The zero-order chi connectivity index (χ0) is 5.11. The standard InChI is InChI=1S/C5H8NO.5Y/c7-5-3-1-2-4-6-5;;;;;/h1H,2-4H2,(H,6,7);;;;;/q-1;;;;;. The summed E-state index contributed by atoms with van der Waals surface area (Å²) >= 11 is 0. The summed E-state index contributed by atoms with van der Waals surface area (Å²) in [5.74, 6) is 0.159. The molecule has 0 aromatic rings. The maximum Gasteiger partial charge on any atom is 0.190 e. The normalized spacial score (nSPS) is 12.5. The second-order valence-electron chi connectivity index (χ2n) is 1.63. The second kappa shape index (κ2) is 21.3. The van der Waals surface area contributed by atoms with Crippen LogP contribution in [0.25, 0.3) is 0 Å². The van der Waals surface area contributed by atoms with Crippen LogP contribution in [0.3, 0.4) is 0 Å². The molecule has 1 aliphatic heterocycles. The van der Waals surface area contributed by atoms with Crippen molar-refractivity contribution < 1.29 is 168 Å². The number of carbonyl (C=O) groups excluding carboxylic acids is 1. The van der Waals surface area contributed by atoms with Crippen LogP contribution >= 0.6 is 0 Å². The van der Waals surface area contributed by atoms with Crippen molar-refractivity contribution in [3.63, 3.8) is 0 Å². The van der Waals surface area contributed by atoms with Gasteiger partial charge in [0.05, 0.1) is 0 Å². The van der Waals surface area contributed by atoms with Crippen LogP contribution in [0.5, 0.6) is 0 Å². The van der Waals surface area contributed by atoms with Gasteiger partial charge in [-0.15, -0.1) is 0 Å². The Morgan fingerprint density at radius 3 is 1.75 bits per heavy atom. The third-order valence-electron chi connectivity index (χ3n) is 1.00. The molecule has 1 amide bonds. The number of nitrogens with one attached hydrogen (secondary N) is 1. The van der Waals surface area contributed by atoms with Crippen molar-refractivity contribution in [2.45, 2.75) is 12.8 Å². The van der Waals surface area contributed by atoms with Crippen LogP contribution < -0.4 is 5.32 Å². The molecule has 1 saturated heterocycles. The summed E-state index contributed by atoms with van der Waals surface area (Å²) in [6.45, 7) is 0.832. The fraction of sp³-hybridized carbons (Fsp3) is 0.600. The summed E-state index contributed by atoms with van der Waals surface area (Å²) in [7, 11) is 0. The molecule has 0 aromatic heterocycles. The zero-order valence-corrected chi connectivity index (χ0v) is 21.2. The topological polar surface area (TPSA) is 29.1 Å². The van der Waals surface area contributed by atoms with E-state index in [9.17, 15) is 4.79 Å². The van der Waals surface area contributed by atoms with Gasteiger partial charge in [0.15, 0.2) is 5.91 Å². The molecule has 55 valence electrons. The average molecular weight is 543 g/mol. The number of hydrogen-bond acceptors (Lipinski definition) is 1. The molecule has 0 atom stereocenters.